The summed E-state index contributed by atoms with van der Waals surface area (Å²) in [5.74, 6) is 0. The lowest BCUT2D eigenvalue weighted by Gasteiger charge is -2.62. The molecular weight excluding hydrogens is 336 g/mol. The third kappa shape index (κ3) is 3.37. The lowest BCUT2D eigenvalue weighted by atomic mass is 9.73. The molecule has 3 aliphatic heterocycles. The highest BCUT2D eigenvalue weighted by Gasteiger charge is 2.56. The van der Waals surface area contributed by atoms with Crippen molar-refractivity contribution in [3.63, 3.8) is 0 Å². The van der Waals surface area contributed by atoms with Crippen molar-refractivity contribution in [3.8, 4) is 0 Å². The van der Waals surface area contributed by atoms with Crippen LogP contribution in [0.3, 0.4) is 0 Å². The van der Waals surface area contributed by atoms with Gasteiger partial charge < -0.3 is 4.74 Å². The predicted molar refractivity (Wildman–Crippen MR) is 97.9 cm³/mol. The first-order valence-corrected chi connectivity index (χ1v) is 10.8. The van der Waals surface area contributed by atoms with Crippen LogP contribution in [0.4, 0.5) is 0 Å². The van der Waals surface area contributed by atoms with Gasteiger partial charge in [0.2, 0.25) is 10.0 Å². The minimum Gasteiger partial charge on any atom is -0.381 e. The summed E-state index contributed by atoms with van der Waals surface area (Å²) in [6.07, 6.45) is 2.82. The van der Waals surface area contributed by atoms with E-state index in [-0.39, 0.29) is 10.7 Å². The molecule has 0 aromatic heterocycles. The Morgan fingerprint density at radius 3 is 2.40 bits per heavy atom. The van der Waals surface area contributed by atoms with Crippen LogP contribution in [0.5, 0.6) is 0 Å². The lowest BCUT2D eigenvalue weighted by molar-refractivity contribution is -0.116. The van der Waals surface area contributed by atoms with Crippen molar-refractivity contribution in [1.82, 2.24) is 9.21 Å². The van der Waals surface area contributed by atoms with E-state index in [1.165, 1.54) is 0 Å². The van der Waals surface area contributed by atoms with Gasteiger partial charge in [0, 0.05) is 50.8 Å². The van der Waals surface area contributed by atoms with E-state index in [4.69, 9.17) is 4.74 Å². The van der Waals surface area contributed by atoms with Crippen molar-refractivity contribution in [3.05, 3.63) is 35.9 Å². The fraction of sp³-hybridized carbons (Fsp3) is 0.684. The second-order valence-electron chi connectivity index (χ2n) is 8.06. The summed E-state index contributed by atoms with van der Waals surface area (Å²) in [7, 11) is -3.20. The highest BCUT2D eigenvalue weighted by atomic mass is 32.2. The van der Waals surface area contributed by atoms with Crippen LogP contribution in [0, 0.1) is 5.41 Å². The Kier molecular flexibility index (Phi) is 4.65. The number of sulfonamides is 1. The average molecular weight is 365 g/mol. The van der Waals surface area contributed by atoms with E-state index in [0.717, 1.165) is 44.7 Å². The summed E-state index contributed by atoms with van der Waals surface area (Å²) in [6.45, 7) is 7.08. The first-order valence-electron chi connectivity index (χ1n) is 9.33. The molecule has 6 heteroatoms. The van der Waals surface area contributed by atoms with Crippen LogP contribution in [-0.4, -0.2) is 68.3 Å². The van der Waals surface area contributed by atoms with Crippen molar-refractivity contribution < 1.29 is 13.2 Å². The molecule has 3 heterocycles. The third-order valence-corrected chi connectivity index (χ3v) is 8.20. The Balaban J connectivity index is 1.29. The largest absolute Gasteiger partial charge is 0.381 e. The van der Waals surface area contributed by atoms with Gasteiger partial charge in [0.25, 0.3) is 0 Å². The van der Waals surface area contributed by atoms with E-state index in [9.17, 15) is 8.42 Å². The first kappa shape index (κ1) is 17.5. The van der Waals surface area contributed by atoms with Gasteiger partial charge in [-0.05, 0) is 31.7 Å². The molecule has 1 aromatic carbocycles. The fourth-order valence-electron chi connectivity index (χ4n) is 4.51. The van der Waals surface area contributed by atoms with Crippen LogP contribution >= 0.6 is 0 Å². The molecule has 4 rings (SSSR count). The van der Waals surface area contributed by atoms with Crippen molar-refractivity contribution >= 4 is 10.0 Å². The maximum atomic E-state index is 12.8. The van der Waals surface area contributed by atoms with Gasteiger partial charge in [-0.3, -0.25) is 4.90 Å². The molecule has 1 aromatic rings. The fourth-order valence-corrected chi connectivity index (χ4v) is 6.33. The van der Waals surface area contributed by atoms with E-state index in [2.05, 4.69) is 4.90 Å². The second-order valence-corrected chi connectivity index (χ2v) is 10.4. The van der Waals surface area contributed by atoms with Gasteiger partial charge in [0.05, 0.1) is 5.25 Å². The van der Waals surface area contributed by atoms with Gasteiger partial charge in [0.15, 0.2) is 0 Å². The van der Waals surface area contributed by atoms with Crippen molar-refractivity contribution in [2.45, 2.75) is 37.5 Å². The van der Waals surface area contributed by atoms with Crippen molar-refractivity contribution in [2.75, 3.05) is 39.4 Å². The quantitative estimate of drug-likeness (QED) is 0.799. The Morgan fingerprint density at radius 1 is 1.12 bits per heavy atom. The topological polar surface area (TPSA) is 49.9 Å². The summed E-state index contributed by atoms with van der Waals surface area (Å²) in [6, 6.07) is 10.5. The Labute approximate surface area is 151 Å². The standard InChI is InChI=1S/C19H28N2O3S/c1-16(11-17-5-3-2-4-6-17)25(22,23)21-14-19(15-21)12-20(13-19)18-7-9-24-10-8-18/h2-6,16,18H,7-15H2,1H3. The van der Waals surface area contributed by atoms with E-state index in [1.807, 2.05) is 37.3 Å². The smallest absolute Gasteiger partial charge is 0.217 e. The van der Waals surface area contributed by atoms with Crippen molar-refractivity contribution in [2.24, 2.45) is 5.41 Å². The number of rotatable bonds is 5. The molecule has 0 saturated carbocycles. The first-order chi connectivity index (χ1) is 12.0. The van der Waals surface area contributed by atoms with Crippen LogP contribution in [0.1, 0.15) is 25.3 Å². The van der Waals surface area contributed by atoms with Crippen LogP contribution in [0.2, 0.25) is 0 Å². The molecule has 0 bridgehead atoms. The molecule has 5 nitrogen and oxygen atoms in total. The number of nitrogens with zero attached hydrogens (tertiary/aromatic N) is 2. The third-order valence-electron chi connectivity index (χ3n) is 6.04. The van der Waals surface area contributed by atoms with E-state index in [0.29, 0.717) is 25.6 Å². The maximum absolute atomic E-state index is 12.8. The molecule has 0 aliphatic carbocycles. The second kappa shape index (κ2) is 6.65. The highest BCUT2D eigenvalue weighted by Crippen LogP contribution is 2.43. The van der Waals surface area contributed by atoms with E-state index < -0.39 is 10.0 Å². The molecule has 3 saturated heterocycles. The van der Waals surface area contributed by atoms with E-state index in [1.54, 1.807) is 4.31 Å². The van der Waals surface area contributed by atoms with Crippen LogP contribution < -0.4 is 0 Å². The number of likely N-dealkylation sites (tertiary alicyclic amines) is 1. The number of hydrogen-bond acceptors (Lipinski definition) is 4. The predicted octanol–water partition coefficient (Wildman–Crippen LogP) is 1.74. The number of benzene rings is 1. The molecule has 0 radical (unpaired) electrons. The monoisotopic (exact) mass is 364 g/mol. The molecule has 1 atom stereocenters. The SMILES string of the molecule is CC(Cc1ccccc1)S(=O)(=O)N1CC2(CN(C3CCOCC3)C2)C1. The molecule has 138 valence electrons. The Morgan fingerprint density at radius 2 is 1.76 bits per heavy atom. The van der Waals surface area contributed by atoms with E-state index >= 15 is 0 Å². The van der Waals surface area contributed by atoms with Gasteiger partial charge in [-0.25, -0.2) is 12.7 Å². The zero-order valence-electron chi connectivity index (χ0n) is 14.9. The molecule has 3 aliphatic rings. The summed E-state index contributed by atoms with van der Waals surface area (Å²) in [5.41, 5.74) is 1.31. The average Bonchev–Trinajstić information content (AvgIpc) is 2.54. The molecular formula is C19H28N2O3S. The van der Waals surface area contributed by atoms with Gasteiger partial charge in [0.1, 0.15) is 0 Å². The minimum atomic E-state index is -3.20. The molecule has 0 amide bonds. The van der Waals surface area contributed by atoms with Gasteiger partial charge >= 0.3 is 0 Å². The van der Waals surface area contributed by atoms with Gasteiger partial charge in [-0.2, -0.15) is 0 Å². The molecule has 0 N–H and O–H groups in total. The molecule has 25 heavy (non-hydrogen) atoms. The number of hydrogen-bond donors (Lipinski definition) is 0. The number of ether oxygens (including phenoxy) is 1. The highest BCUT2D eigenvalue weighted by molar-refractivity contribution is 7.89. The molecule has 1 spiro atoms. The normalized spacial score (nSPS) is 26.1. The zero-order chi connectivity index (χ0) is 17.5. The molecule has 1 unspecified atom stereocenters. The zero-order valence-corrected chi connectivity index (χ0v) is 15.7. The van der Waals surface area contributed by atoms with Crippen molar-refractivity contribution in [1.29, 1.82) is 0 Å². The summed E-state index contributed by atoms with van der Waals surface area (Å²) >= 11 is 0. The van der Waals surface area contributed by atoms with Crippen LogP contribution in [0.15, 0.2) is 30.3 Å². The van der Waals surface area contributed by atoms with Gasteiger partial charge in [-0.15, -0.1) is 0 Å². The summed E-state index contributed by atoms with van der Waals surface area (Å²) < 4.78 is 32.8. The molecule has 3 fully saturated rings. The van der Waals surface area contributed by atoms with Crippen LogP contribution in [0.25, 0.3) is 0 Å². The van der Waals surface area contributed by atoms with Gasteiger partial charge in [-0.1, -0.05) is 30.3 Å². The van der Waals surface area contributed by atoms with Crippen LogP contribution in [-0.2, 0) is 21.2 Å². The summed E-state index contributed by atoms with van der Waals surface area (Å²) in [5, 5.41) is -0.362. The Bertz CT molecular complexity index is 687. The lowest BCUT2D eigenvalue weighted by Crippen LogP contribution is -2.74. The maximum Gasteiger partial charge on any atom is 0.217 e. The summed E-state index contributed by atoms with van der Waals surface area (Å²) in [4.78, 5) is 2.53. The minimum absolute atomic E-state index is 0.220. The Hall–Kier alpha value is -0.950.